The van der Waals surface area contributed by atoms with Crippen LogP contribution >= 0.6 is 11.8 Å². The van der Waals surface area contributed by atoms with Crippen molar-refractivity contribution in [3.63, 3.8) is 0 Å². The minimum Gasteiger partial charge on any atom is -0.454 e. The number of ether oxygens (including phenoxy) is 4. The highest BCUT2D eigenvalue weighted by Gasteiger charge is 2.20. The zero-order valence-electron chi connectivity index (χ0n) is 13.8. The number of Topliss-reactive ketones (excluding diaryl/α,β-unsaturated/α-hetero) is 1. The molecule has 0 spiro atoms. The molecule has 0 unspecified atom stereocenters. The number of carbonyl (C=O) groups excluding carboxylic acids is 2. The molecule has 0 radical (unpaired) electrons. The van der Waals surface area contributed by atoms with Crippen LogP contribution in [0.3, 0.4) is 0 Å². The van der Waals surface area contributed by atoms with E-state index in [0.29, 0.717) is 39.0 Å². The first-order chi connectivity index (χ1) is 12.7. The average molecular weight is 370 g/mol. The number of fused-ring (bicyclic) bond motifs is 2. The molecular weight excluding hydrogens is 356 g/mol. The summed E-state index contributed by atoms with van der Waals surface area (Å²) in [6.45, 7) is 0.280. The van der Waals surface area contributed by atoms with Gasteiger partial charge in [0, 0.05) is 17.2 Å². The number of carbonyl (C=O) groups is 2. The van der Waals surface area contributed by atoms with E-state index in [1.165, 1.54) is 17.8 Å². The molecule has 6 nitrogen and oxygen atoms in total. The molecule has 0 amide bonds. The Morgan fingerprint density at radius 1 is 0.846 bits per heavy atom. The number of allylic oxidation sites excluding steroid dienone is 2. The summed E-state index contributed by atoms with van der Waals surface area (Å²) in [6, 6.07) is 9.92. The molecular formula is C19H14O6S. The van der Waals surface area contributed by atoms with Crippen LogP contribution in [-0.2, 0) is 0 Å². The maximum absolute atomic E-state index is 12.7. The third kappa shape index (κ3) is 3.01. The molecule has 2 aliphatic heterocycles. The van der Waals surface area contributed by atoms with Crippen molar-refractivity contribution >= 4 is 23.3 Å². The molecule has 0 aromatic heterocycles. The monoisotopic (exact) mass is 370 g/mol. The Kier molecular flexibility index (Phi) is 4.30. The van der Waals surface area contributed by atoms with Crippen molar-refractivity contribution in [1.29, 1.82) is 0 Å². The standard InChI is InChI=1S/C19H14O6S/c1-26-18(19(21)12-3-5-15-17(7-12)25-10-23-15)8-13(20)11-2-4-14-16(6-11)24-9-22-14/h2-8H,9-10H2,1H3/b18-8-. The molecule has 2 aromatic rings. The van der Waals surface area contributed by atoms with Crippen LogP contribution in [0.15, 0.2) is 47.4 Å². The van der Waals surface area contributed by atoms with E-state index in [1.54, 1.807) is 42.7 Å². The van der Waals surface area contributed by atoms with E-state index in [4.69, 9.17) is 18.9 Å². The van der Waals surface area contributed by atoms with Crippen LogP contribution in [0.25, 0.3) is 0 Å². The predicted molar refractivity (Wildman–Crippen MR) is 95.4 cm³/mol. The highest BCUT2D eigenvalue weighted by molar-refractivity contribution is 8.03. The van der Waals surface area contributed by atoms with Gasteiger partial charge in [0.15, 0.2) is 34.6 Å². The Morgan fingerprint density at radius 3 is 2.00 bits per heavy atom. The van der Waals surface area contributed by atoms with Crippen LogP contribution in [-0.4, -0.2) is 31.4 Å². The fraction of sp³-hybridized carbons (Fsp3) is 0.158. The summed E-state index contributed by atoms with van der Waals surface area (Å²) < 4.78 is 21.1. The van der Waals surface area contributed by atoms with Gasteiger partial charge in [-0.15, -0.1) is 11.8 Å². The van der Waals surface area contributed by atoms with E-state index in [9.17, 15) is 9.59 Å². The number of hydrogen-bond donors (Lipinski definition) is 0. The van der Waals surface area contributed by atoms with Crippen molar-refractivity contribution in [2.45, 2.75) is 0 Å². The van der Waals surface area contributed by atoms with Gasteiger partial charge in [-0.3, -0.25) is 9.59 Å². The molecule has 26 heavy (non-hydrogen) atoms. The van der Waals surface area contributed by atoms with Crippen LogP contribution in [0.2, 0.25) is 0 Å². The summed E-state index contributed by atoms with van der Waals surface area (Å²) in [6.07, 6.45) is 3.10. The summed E-state index contributed by atoms with van der Waals surface area (Å²) in [4.78, 5) is 25.6. The van der Waals surface area contributed by atoms with Gasteiger partial charge >= 0.3 is 0 Å². The van der Waals surface area contributed by atoms with Crippen LogP contribution in [0, 0.1) is 0 Å². The second-order valence-corrected chi connectivity index (χ2v) is 6.39. The van der Waals surface area contributed by atoms with Crippen molar-refractivity contribution in [2.75, 3.05) is 19.8 Å². The Labute approximate surface area is 153 Å². The minimum absolute atomic E-state index is 0.140. The average Bonchev–Trinajstić information content (AvgIpc) is 3.32. The zero-order chi connectivity index (χ0) is 18.1. The second-order valence-electron chi connectivity index (χ2n) is 5.54. The molecule has 0 fully saturated rings. The lowest BCUT2D eigenvalue weighted by molar-refractivity contribution is 0.101. The third-order valence-electron chi connectivity index (χ3n) is 4.00. The predicted octanol–water partition coefficient (Wildman–Crippen LogP) is 3.46. The minimum atomic E-state index is -0.276. The van der Waals surface area contributed by atoms with E-state index in [2.05, 4.69) is 0 Å². The number of hydrogen-bond acceptors (Lipinski definition) is 7. The molecule has 0 N–H and O–H groups in total. The lowest BCUT2D eigenvalue weighted by Crippen LogP contribution is -2.04. The number of ketones is 2. The smallest absolute Gasteiger partial charge is 0.231 e. The molecule has 4 rings (SSSR count). The first kappa shape index (κ1) is 16.5. The maximum atomic E-state index is 12.7. The summed E-state index contributed by atoms with van der Waals surface area (Å²) in [5.74, 6) is 1.74. The Morgan fingerprint density at radius 2 is 1.38 bits per heavy atom. The number of thioether (sulfide) groups is 1. The number of rotatable bonds is 5. The molecule has 2 aromatic carbocycles. The van der Waals surface area contributed by atoms with Gasteiger partial charge in [0.25, 0.3) is 0 Å². The largest absolute Gasteiger partial charge is 0.454 e. The molecule has 2 heterocycles. The van der Waals surface area contributed by atoms with Crippen LogP contribution < -0.4 is 18.9 Å². The first-order valence-corrected chi connectivity index (χ1v) is 9.02. The molecule has 0 saturated heterocycles. The summed E-state index contributed by atoms with van der Waals surface area (Å²) in [5.41, 5.74) is 0.868. The Bertz CT molecular complexity index is 934. The van der Waals surface area contributed by atoms with E-state index >= 15 is 0 Å². The van der Waals surface area contributed by atoms with Crippen LogP contribution in [0.4, 0.5) is 0 Å². The van der Waals surface area contributed by atoms with Crippen LogP contribution in [0.1, 0.15) is 20.7 Å². The Balaban J connectivity index is 1.59. The van der Waals surface area contributed by atoms with Gasteiger partial charge in [0.05, 0.1) is 4.91 Å². The van der Waals surface area contributed by atoms with Crippen molar-refractivity contribution < 1.29 is 28.5 Å². The fourth-order valence-corrected chi connectivity index (χ4v) is 3.18. The highest BCUT2D eigenvalue weighted by Crippen LogP contribution is 2.35. The van der Waals surface area contributed by atoms with Gasteiger partial charge in [0.2, 0.25) is 13.6 Å². The molecule has 0 bridgehead atoms. The quantitative estimate of drug-likeness (QED) is 0.590. The van der Waals surface area contributed by atoms with E-state index in [-0.39, 0.29) is 25.2 Å². The SMILES string of the molecule is CS/C(=C\C(=O)c1ccc2c(c1)OCO2)C(=O)c1ccc2c(c1)OCO2. The summed E-state index contributed by atoms with van der Waals surface area (Å²) in [5, 5.41) is 0. The van der Waals surface area contributed by atoms with Crippen molar-refractivity contribution in [1.82, 2.24) is 0 Å². The second kappa shape index (κ2) is 6.76. The van der Waals surface area contributed by atoms with Crippen molar-refractivity contribution in [3.8, 4) is 23.0 Å². The van der Waals surface area contributed by atoms with Crippen LogP contribution in [0.5, 0.6) is 23.0 Å². The van der Waals surface area contributed by atoms with Gasteiger partial charge in [-0.25, -0.2) is 0 Å². The third-order valence-corrected chi connectivity index (χ3v) is 4.74. The summed E-state index contributed by atoms with van der Waals surface area (Å²) >= 11 is 1.22. The van der Waals surface area contributed by atoms with Gasteiger partial charge in [0.1, 0.15) is 0 Å². The summed E-state index contributed by atoms with van der Waals surface area (Å²) in [7, 11) is 0. The zero-order valence-corrected chi connectivity index (χ0v) is 14.6. The Hall–Kier alpha value is -2.93. The maximum Gasteiger partial charge on any atom is 0.231 e. The van der Waals surface area contributed by atoms with Gasteiger partial charge in [-0.2, -0.15) is 0 Å². The topological polar surface area (TPSA) is 71.1 Å². The lowest BCUT2D eigenvalue weighted by atomic mass is 10.1. The highest BCUT2D eigenvalue weighted by atomic mass is 32.2. The van der Waals surface area contributed by atoms with Gasteiger partial charge in [-0.05, 0) is 42.7 Å². The molecule has 132 valence electrons. The molecule has 0 atom stereocenters. The van der Waals surface area contributed by atoms with E-state index < -0.39 is 0 Å². The lowest BCUT2D eigenvalue weighted by Gasteiger charge is -2.05. The molecule has 7 heteroatoms. The van der Waals surface area contributed by atoms with Crippen molar-refractivity contribution in [2.24, 2.45) is 0 Å². The number of benzene rings is 2. The molecule has 0 aliphatic carbocycles. The molecule has 2 aliphatic rings. The van der Waals surface area contributed by atoms with E-state index in [0.717, 1.165) is 0 Å². The first-order valence-electron chi connectivity index (χ1n) is 7.80. The normalized spacial score (nSPS) is 14.4. The van der Waals surface area contributed by atoms with Gasteiger partial charge < -0.3 is 18.9 Å². The van der Waals surface area contributed by atoms with E-state index in [1.807, 2.05) is 0 Å². The van der Waals surface area contributed by atoms with Gasteiger partial charge in [-0.1, -0.05) is 0 Å². The van der Waals surface area contributed by atoms with Crippen molar-refractivity contribution in [3.05, 3.63) is 58.5 Å². The fourth-order valence-electron chi connectivity index (χ4n) is 2.65. The molecule has 0 saturated carbocycles.